The van der Waals surface area contributed by atoms with E-state index >= 15 is 0 Å². The van der Waals surface area contributed by atoms with Gasteiger partial charge in [0.15, 0.2) is 5.82 Å². The third-order valence-corrected chi connectivity index (χ3v) is 7.16. The number of hydrogen-bond acceptors (Lipinski definition) is 7. The third-order valence-electron chi connectivity index (χ3n) is 5.62. The Kier molecular flexibility index (Phi) is 5.95. The Bertz CT molecular complexity index is 1170. The van der Waals surface area contributed by atoms with E-state index in [9.17, 15) is 4.79 Å². The van der Waals surface area contributed by atoms with Crippen molar-refractivity contribution >= 4 is 35.1 Å². The van der Waals surface area contributed by atoms with Gasteiger partial charge >= 0.3 is 6.01 Å². The zero-order valence-electron chi connectivity index (χ0n) is 17.5. The number of aliphatic imine (C=N–C) groups is 1. The van der Waals surface area contributed by atoms with Crippen molar-refractivity contribution in [3.8, 4) is 11.0 Å². The lowest BCUT2D eigenvalue weighted by atomic mass is 10.0. The van der Waals surface area contributed by atoms with Crippen molar-refractivity contribution in [2.75, 3.05) is 33.4 Å². The molecule has 10 heteroatoms. The first kappa shape index (κ1) is 21.1. The fourth-order valence-corrected chi connectivity index (χ4v) is 5.43. The van der Waals surface area contributed by atoms with Crippen molar-refractivity contribution < 1.29 is 14.3 Å². The number of hydrogen-bond donors (Lipinski definition) is 0. The smallest absolute Gasteiger partial charge is 0.322 e. The largest absolute Gasteiger partial charge is 0.467 e. The SMILES string of the molecule is COc1nnc2n1-c1sc(CCC(=O)N3CCOCC3)cc1C(c1ccccc1Cl)N=C2. The van der Waals surface area contributed by atoms with Gasteiger partial charge in [0.1, 0.15) is 11.0 Å². The summed E-state index contributed by atoms with van der Waals surface area (Å²) in [4.78, 5) is 20.4. The summed E-state index contributed by atoms with van der Waals surface area (Å²) in [6, 6.07) is 9.93. The Morgan fingerprint density at radius 1 is 1.25 bits per heavy atom. The van der Waals surface area contributed by atoms with Gasteiger partial charge in [-0.3, -0.25) is 9.79 Å². The molecule has 1 aromatic carbocycles. The molecule has 0 aliphatic carbocycles. The van der Waals surface area contributed by atoms with Crippen LogP contribution in [0, 0.1) is 0 Å². The van der Waals surface area contributed by atoms with Gasteiger partial charge in [-0.25, -0.2) is 4.57 Å². The second-order valence-electron chi connectivity index (χ2n) is 7.55. The van der Waals surface area contributed by atoms with Crippen LogP contribution in [0.3, 0.4) is 0 Å². The summed E-state index contributed by atoms with van der Waals surface area (Å²) >= 11 is 8.13. The van der Waals surface area contributed by atoms with Gasteiger partial charge in [-0.05, 0) is 24.1 Å². The number of morpholine rings is 1. The monoisotopic (exact) mass is 471 g/mol. The number of carbonyl (C=O) groups is 1. The number of aryl methyl sites for hydroxylation is 1. The van der Waals surface area contributed by atoms with E-state index in [1.807, 2.05) is 33.7 Å². The summed E-state index contributed by atoms with van der Waals surface area (Å²) in [6.07, 6.45) is 2.80. The topological polar surface area (TPSA) is 81.8 Å². The molecule has 0 N–H and O–H groups in total. The van der Waals surface area contributed by atoms with Crippen LogP contribution in [0.4, 0.5) is 0 Å². The zero-order chi connectivity index (χ0) is 22.1. The van der Waals surface area contributed by atoms with Crippen molar-refractivity contribution in [2.45, 2.75) is 18.9 Å². The summed E-state index contributed by atoms with van der Waals surface area (Å²) in [5.41, 5.74) is 1.91. The van der Waals surface area contributed by atoms with Gasteiger partial charge < -0.3 is 14.4 Å². The number of fused-ring (bicyclic) bond motifs is 3. The minimum absolute atomic E-state index is 0.153. The Morgan fingerprint density at radius 3 is 2.84 bits per heavy atom. The minimum atomic E-state index is -0.287. The average Bonchev–Trinajstić information content (AvgIpc) is 3.39. The van der Waals surface area contributed by atoms with E-state index in [2.05, 4.69) is 16.3 Å². The predicted molar refractivity (Wildman–Crippen MR) is 122 cm³/mol. The second-order valence-corrected chi connectivity index (χ2v) is 9.07. The number of rotatable bonds is 5. The lowest BCUT2D eigenvalue weighted by molar-refractivity contribution is -0.135. The molecule has 2 aliphatic heterocycles. The Balaban J connectivity index is 1.50. The molecule has 5 rings (SSSR count). The number of nitrogens with zero attached hydrogens (tertiary/aromatic N) is 5. The Labute approximate surface area is 194 Å². The van der Waals surface area contributed by atoms with E-state index in [0.717, 1.165) is 21.0 Å². The number of thiophene rings is 1. The number of aromatic nitrogens is 3. The standard InChI is InChI=1S/C22H22ClN5O3S/c1-30-22-26-25-18-13-24-20(15-4-2-3-5-17(15)23)16-12-14(32-21(16)28(18)22)6-7-19(29)27-8-10-31-11-9-27/h2-5,12-13,20H,6-11H2,1H3. The summed E-state index contributed by atoms with van der Waals surface area (Å²) < 4.78 is 12.7. The van der Waals surface area contributed by atoms with Gasteiger partial charge in [-0.1, -0.05) is 34.9 Å². The second kappa shape index (κ2) is 9.01. The third kappa shape index (κ3) is 3.92. The van der Waals surface area contributed by atoms with Gasteiger partial charge in [0, 0.05) is 35.0 Å². The molecule has 0 radical (unpaired) electrons. The number of methoxy groups -OCH3 is 1. The summed E-state index contributed by atoms with van der Waals surface area (Å²) in [6.45, 7) is 2.52. The molecule has 1 atom stereocenters. The summed E-state index contributed by atoms with van der Waals surface area (Å²) in [5, 5.41) is 9.93. The maximum Gasteiger partial charge on any atom is 0.322 e. The van der Waals surface area contributed by atoms with Crippen molar-refractivity contribution in [1.29, 1.82) is 0 Å². The molecule has 1 unspecified atom stereocenters. The van der Waals surface area contributed by atoms with Crippen LogP contribution in [0.15, 0.2) is 35.3 Å². The lowest BCUT2D eigenvalue weighted by Gasteiger charge is -2.26. The molecular weight excluding hydrogens is 450 g/mol. The highest BCUT2D eigenvalue weighted by Crippen LogP contribution is 2.42. The van der Waals surface area contributed by atoms with Crippen LogP contribution in [0.1, 0.15) is 34.3 Å². The number of benzene rings is 1. The number of ether oxygens (including phenoxy) is 2. The Morgan fingerprint density at radius 2 is 2.06 bits per heavy atom. The number of amides is 1. The van der Waals surface area contributed by atoms with Gasteiger partial charge in [-0.2, -0.15) is 0 Å². The normalized spacial score (nSPS) is 17.6. The van der Waals surface area contributed by atoms with E-state index in [0.29, 0.717) is 56.0 Å². The van der Waals surface area contributed by atoms with Gasteiger partial charge in [0.05, 0.1) is 26.5 Å². The number of halogens is 1. The molecule has 0 spiro atoms. The van der Waals surface area contributed by atoms with Crippen LogP contribution in [-0.2, 0) is 16.0 Å². The van der Waals surface area contributed by atoms with E-state index < -0.39 is 0 Å². The molecule has 0 saturated carbocycles. The highest BCUT2D eigenvalue weighted by molar-refractivity contribution is 7.14. The molecule has 0 bridgehead atoms. The van der Waals surface area contributed by atoms with Crippen LogP contribution < -0.4 is 4.74 Å². The maximum absolute atomic E-state index is 12.6. The summed E-state index contributed by atoms with van der Waals surface area (Å²) in [7, 11) is 1.57. The Hall–Kier alpha value is -2.75. The molecule has 1 fully saturated rings. The fourth-order valence-electron chi connectivity index (χ4n) is 4.00. The first-order valence-electron chi connectivity index (χ1n) is 10.4. The molecule has 4 heterocycles. The molecule has 32 heavy (non-hydrogen) atoms. The molecule has 2 aromatic heterocycles. The quantitative estimate of drug-likeness (QED) is 0.570. The predicted octanol–water partition coefficient (Wildman–Crippen LogP) is 3.30. The molecule has 3 aromatic rings. The van der Waals surface area contributed by atoms with Gasteiger partial charge in [-0.15, -0.1) is 16.4 Å². The van der Waals surface area contributed by atoms with Crippen LogP contribution in [0.25, 0.3) is 5.00 Å². The minimum Gasteiger partial charge on any atom is -0.467 e. The molecule has 1 amide bonds. The zero-order valence-corrected chi connectivity index (χ0v) is 19.1. The van der Waals surface area contributed by atoms with Crippen molar-refractivity contribution in [2.24, 2.45) is 4.99 Å². The van der Waals surface area contributed by atoms with Gasteiger partial charge in [0.25, 0.3) is 0 Å². The van der Waals surface area contributed by atoms with Crippen LogP contribution in [0.2, 0.25) is 5.02 Å². The maximum atomic E-state index is 12.6. The fraction of sp³-hybridized carbons (Fsp3) is 0.364. The molecule has 1 saturated heterocycles. The van der Waals surface area contributed by atoms with Crippen LogP contribution >= 0.6 is 22.9 Å². The van der Waals surface area contributed by atoms with E-state index in [1.54, 1.807) is 24.7 Å². The highest BCUT2D eigenvalue weighted by atomic mass is 35.5. The summed E-state index contributed by atoms with van der Waals surface area (Å²) in [5.74, 6) is 0.746. The molecule has 8 nitrogen and oxygen atoms in total. The first-order chi connectivity index (χ1) is 15.7. The van der Waals surface area contributed by atoms with Gasteiger partial charge in [0.2, 0.25) is 5.91 Å². The van der Waals surface area contributed by atoms with Crippen molar-refractivity contribution in [1.82, 2.24) is 19.7 Å². The number of carbonyl (C=O) groups excluding carboxylic acids is 1. The molecule has 2 aliphatic rings. The lowest BCUT2D eigenvalue weighted by Crippen LogP contribution is -2.40. The first-order valence-corrected chi connectivity index (χ1v) is 11.6. The van der Waals surface area contributed by atoms with Crippen LogP contribution in [-0.4, -0.2) is 65.2 Å². The molecular formula is C22H22ClN5O3S. The molecule has 166 valence electrons. The highest BCUT2D eigenvalue weighted by Gasteiger charge is 2.29. The van der Waals surface area contributed by atoms with Crippen molar-refractivity contribution in [3.05, 3.63) is 57.2 Å². The van der Waals surface area contributed by atoms with E-state index in [1.165, 1.54) is 0 Å². The van der Waals surface area contributed by atoms with Crippen LogP contribution in [0.5, 0.6) is 6.01 Å². The van der Waals surface area contributed by atoms with Crippen molar-refractivity contribution in [3.63, 3.8) is 0 Å². The van der Waals surface area contributed by atoms with E-state index in [4.69, 9.17) is 26.1 Å². The average molecular weight is 472 g/mol. The van der Waals surface area contributed by atoms with E-state index in [-0.39, 0.29) is 11.9 Å².